The van der Waals surface area contributed by atoms with Gasteiger partial charge in [-0.25, -0.2) is 4.98 Å². The van der Waals surface area contributed by atoms with Gasteiger partial charge >= 0.3 is 0 Å². The minimum atomic E-state index is -0.0257. The largest absolute Gasteiger partial charge is 0.351 e. The zero-order chi connectivity index (χ0) is 16.2. The van der Waals surface area contributed by atoms with E-state index >= 15 is 0 Å². The Morgan fingerprint density at radius 2 is 1.87 bits per heavy atom. The van der Waals surface area contributed by atoms with Crippen LogP contribution in [0.5, 0.6) is 0 Å². The summed E-state index contributed by atoms with van der Waals surface area (Å²) in [5.41, 5.74) is 1.88. The van der Waals surface area contributed by atoms with E-state index in [1.807, 2.05) is 42.5 Å². The molecule has 1 amide bonds. The SMILES string of the molecule is O=C(CSc1nc2cc(Cl)ccc2s1)NCc1ccc(Cl)cc1. The van der Waals surface area contributed by atoms with Gasteiger partial charge in [-0.1, -0.05) is 47.1 Å². The molecule has 7 heteroatoms. The topological polar surface area (TPSA) is 42.0 Å². The molecule has 3 nitrogen and oxygen atoms in total. The number of carbonyl (C=O) groups is 1. The van der Waals surface area contributed by atoms with Crippen molar-refractivity contribution in [2.24, 2.45) is 0 Å². The van der Waals surface area contributed by atoms with Crippen LogP contribution in [0.1, 0.15) is 5.56 Å². The molecule has 23 heavy (non-hydrogen) atoms. The molecule has 0 unspecified atom stereocenters. The van der Waals surface area contributed by atoms with Crippen molar-refractivity contribution in [1.82, 2.24) is 10.3 Å². The third-order valence-electron chi connectivity index (χ3n) is 3.06. The summed E-state index contributed by atoms with van der Waals surface area (Å²) in [6.45, 7) is 0.492. The van der Waals surface area contributed by atoms with Crippen LogP contribution in [0, 0.1) is 0 Å². The maximum Gasteiger partial charge on any atom is 0.230 e. The fourth-order valence-corrected chi connectivity index (χ4v) is 4.09. The van der Waals surface area contributed by atoms with Gasteiger partial charge in [-0.3, -0.25) is 4.79 Å². The summed E-state index contributed by atoms with van der Waals surface area (Å²) in [4.78, 5) is 16.4. The molecule has 3 rings (SSSR count). The number of hydrogen-bond donors (Lipinski definition) is 1. The van der Waals surface area contributed by atoms with Gasteiger partial charge in [0, 0.05) is 16.6 Å². The van der Waals surface area contributed by atoms with Crippen LogP contribution in [0.3, 0.4) is 0 Å². The molecule has 3 aromatic rings. The van der Waals surface area contributed by atoms with Crippen LogP contribution < -0.4 is 5.32 Å². The van der Waals surface area contributed by atoms with Gasteiger partial charge < -0.3 is 5.32 Å². The van der Waals surface area contributed by atoms with Crippen molar-refractivity contribution in [3.05, 3.63) is 58.1 Å². The van der Waals surface area contributed by atoms with Crippen molar-refractivity contribution in [3.8, 4) is 0 Å². The molecule has 118 valence electrons. The van der Waals surface area contributed by atoms with Crippen molar-refractivity contribution in [3.63, 3.8) is 0 Å². The van der Waals surface area contributed by atoms with Gasteiger partial charge in [0.05, 0.1) is 16.0 Å². The number of nitrogens with one attached hydrogen (secondary N) is 1. The molecule has 1 heterocycles. The standard InChI is InChI=1S/C16H12Cl2N2OS2/c17-11-3-1-10(2-4-11)8-19-15(21)9-22-16-20-13-7-12(18)5-6-14(13)23-16/h1-7H,8-9H2,(H,19,21). The Bertz CT molecular complexity index is 834. The van der Waals surface area contributed by atoms with Gasteiger partial charge in [-0.05, 0) is 35.9 Å². The number of thiazole rings is 1. The molecule has 0 atom stereocenters. The van der Waals surface area contributed by atoms with Crippen molar-refractivity contribution in [1.29, 1.82) is 0 Å². The quantitative estimate of drug-likeness (QED) is 0.630. The predicted octanol–water partition coefficient (Wildman–Crippen LogP) is 5.01. The Labute approximate surface area is 152 Å². The first-order valence-corrected chi connectivity index (χ1v) is 9.36. The number of amides is 1. The first-order chi connectivity index (χ1) is 11.1. The zero-order valence-electron chi connectivity index (χ0n) is 11.9. The van der Waals surface area contributed by atoms with E-state index in [4.69, 9.17) is 23.2 Å². The van der Waals surface area contributed by atoms with E-state index in [0.29, 0.717) is 22.3 Å². The molecule has 1 aromatic heterocycles. The Hall–Kier alpha value is -1.27. The van der Waals surface area contributed by atoms with E-state index in [1.165, 1.54) is 11.8 Å². The average molecular weight is 383 g/mol. The lowest BCUT2D eigenvalue weighted by Gasteiger charge is -2.04. The molecular weight excluding hydrogens is 371 g/mol. The molecule has 0 aliphatic carbocycles. The van der Waals surface area contributed by atoms with Gasteiger partial charge in [-0.2, -0.15) is 0 Å². The van der Waals surface area contributed by atoms with Gasteiger partial charge in [-0.15, -0.1) is 11.3 Å². The highest BCUT2D eigenvalue weighted by atomic mass is 35.5. The number of thioether (sulfide) groups is 1. The number of fused-ring (bicyclic) bond motifs is 1. The van der Waals surface area contributed by atoms with Crippen LogP contribution in [0.25, 0.3) is 10.2 Å². The zero-order valence-corrected chi connectivity index (χ0v) is 15.0. The monoisotopic (exact) mass is 382 g/mol. The Balaban J connectivity index is 1.52. The van der Waals surface area contributed by atoms with E-state index in [0.717, 1.165) is 20.1 Å². The van der Waals surface area contributed by atoms with Crippen molar-refractivity contribution in [2.45, 2.75) is 10.9 Å². The van der Waals surface area contributed by atoms with Crippen molar-refractivity contribution in [2.75, 3.05) is 5.75 Å². The number of aromatic nitrogens is 1. The van der Waals surface area contributed by atoms with E-state index < -0.39 is 0 Å². The summed E-state index contributed by atoms with van der Waals surface area (Å²) < 4.78 is 1.93. The van der Waals surface area contributed by atoms with Crippen LogP contribution in [-0.4, -0.2) is 16.6 Å². The van der Waals surface area contributed by atoms with Crippen LogP contribution in [0.15, 0.2) is 46.8 Å². The number of hydrogen-bond acceptors (Lipinski definition) is 4. The molecule has 0 spiro atoms. The highest BCUT2D eigenvalue weighted by Crippen LogP contribution is 2.30. The molecular formula is C16H12Cl2N2OS2. The minimum Gasteiger partial charge on any atom is -0.351 e. The summed E-state index contributed by atoms with van der Waals surface area (Å²) in [6.07, 6.45) is 0. The van der Waals surface area contributed by atoms with Gasteiger partial charge in [0.15, 0.2) is 4.34 Å². The van der Waals surface area contributed by atoms with Gasteiger partial charge in [0.25, 0.3) is 0 Å². The summed E-state index contributed by atoms with van der Waals surface area (Å²) in [6, 6.07) is 13.0. The molecule has 0 aliphatic heterocycles. The lowest BCUT2D eigenvalue weighted by Crippen LogP contribution is -2.24. The molecule has 0 bridgehead atoms. The lowest BCUT2D eigenvalue weighted by atomic mass is 10.2. The molecule has 0 radical (unpaired) electrons. The number of carbonyl (C=O) groups excluding carboxylic acids is 1. The summed E-state index contributed by atoms with van der Waals surface area (Å²) in [5.74, 6) is 0.309. The fraction of sp³-hybridized carbons (Fsp3) is 0.125. The number of rotatable bonds is 5. The third-order valence-corrected chi connectivity index (χ3v) is 5.73. The Kier molecular flexibility index (Phi) is 5.43. The molecule has 0 saturated carbocycles. The highest BCUT2D eigenvalue weighted by Gasteiger charge is 2.08. The second kappa shape index (κ2) is 7.53. The average Bonchev–Trinajstić information content (AvgIpc) is 2.94. The molecule has 0 saturated heterocycles. The van der Waals surface area contributed by atoms with Crippen molar-refractivity contribution < 1.29 is 4.79 Å². The van der Waals surface area contributed by atoms with Crippen LogP contribution >= 0.6 is 46.3 Å². The second-order valence-corrected chi connectivity index (χ2v) is 7.91. The minimum absolute atomic E-state index is 0.0257. The molecule has 0 fully saturated rings. The van der Waals surface area contributed by atoms with E-state index in [-0.39, 0.29) is 5.91 Å². The predicted molar refractivity (Wildman–Crippen MR) is 98.7 cm³/mol. The fourth-order valence-electron chi connectivity index (χ4n) is 1.92. The molecule has 1 N–H and O–H groups in total. The van der Waals surface area contributed by atoms with Crippen LogP contribution in [0.4, 0.5) is 0 Å². The normalized spacial score (nSPS) is 10.9. The van der Waals surface area contributed by atoms with Gasteiger partial charge in [0.1, 0.15) is 0 Å². The van der Waals surface area contributed by atoms with E-state index in [1.54, 1.807) is 11.3 Å². The number of halogens is 2. The maximum atomic E-state index is 11.9. The Morgan fingerprint density at radius 3 is 2.65 bits per heavy atom. The first-order valence-electron chi connectivity index (χ1n) is 6.80. The Morgan fingerprint density at radius 1 is 1.13 bits per heavy atom. The molecule has 0 aliphatic rings. The van der Waals surface area contributed by atoms with E-state index in [9.17, 15) is 4.79 Å². The molecule has 2 aromatic carbocycles. The first kappa shape index (κ1) is 16.6. The van der Waals surface area contributed by atoms with Gasteiger partial charge in [0.2, 0.25) is 5.91 Å². The summed E-state index contributed by atoms with van der Waals surface area (Å²) in [7, 11) is 0. The smallest absolute Gasteiger partial charge is 0.230 e. The third kappa shape index (κ3) is 4.61. The maximum absolute atomic E-state index is 11.9. The van der Waals surface area contributed by atoms with Crippen molar-refractivity contribution >= 4 is 62.4 Å². The second-order valence-electron chi connectivity index (χ2n) is 4.78. The number of nitrogens with zero attached hydrogens (tertiary/aromatic N) is 1. The summed E-state index contributed by atoms with van der Waals surface area (Å²) >= 11 is 14.8. The van der Waals surface area contributed by atoms with E-state index in [2.05, 4.69) is 10.3 Å². The number of benzene rings is 2. The lowest BCUT2D eigenvalue weighted by molar-refractivity contribution is -0.118. The van der Waals surface area contributed by atoms with Crippen LogP contribution in [-0.2, 0) is 11.3 Å². The summed E-state index contributed by atoms with van der Waals surface area (Å²) in [5, 5.41) is 4.24. The highest BCUT2D eigenvalue weighted by molar-refractivity contribution is 8.01. The van der Waals surface area contributed by atoms with Crippen LogP contribution in [0.2, 0.25) is 10.0 Å².